The number of rotatable bonds is 6. The van der Waals surface area contributed by atoms with Crippen LogP contribution in [0, 0.1) is 0 Å². The summed E-state index contributed by atoms with van der Waals surface area (Å²) in [7, 11) is -10.3. The minimum absolute atomic E-state index is 0.0832. The summed E-state index contributed by atoms with van der Waals surface area (Å²) >= 11 is 0. The summed E-state index contributed by atoms with van der Waals surface area (Å²) in [4.78, 5) is -2.03. The zero-order chi connectivity index (χ0) is 22.9. The van der Waals surface area contributed by atoms with Crippen LogP contribution in [0.4, 0.5) is 0 Å². The van der Waals surface area contributed by atoms with Gasteiger partial charge in [0.15, 0.2) is 0 Å². The van der Waals surface area contributed by atoms with E-state index in [-0.39, 0.29) is 28.1 Å². The molecule has 0 amide bonds. The molecule has 32 heavy (non-hydrogen) atoms. The van der Waals surface area contributed by atoms with Gasteiger partial charge >= 0.3 is 0 Å². The number of nitrogens with one attached hydrogen (secondary N) is 2. The molecule has 4 rings (SSSR count). The standard InChI is InChI=1S/C18H14N6O6S2/c25-31(26,27)17(11-5-2-1-3-6-11)18(32(28,29)30)13-8-4-7-12(14-9-19-23-21-14)16(13)15-10-20-24-22-15/h1-10H,(H,19,21,23)(H,20,22,24)(H,25,26,27)(H,28,29,30). The predicted molar refractivity (Wildman–Crippen MR) is 114 cm³/mol. The zero-order valence-electron chi connectivity index (χ0n) is 15.9. The van der Waals surface area contributed by atoms with Crippen LogP contribution < -0.4 is 0 Å². The molecule has 4 aromatic rings. The quantitative estimate of drug-likeness (QED) is 0.237. The molecule has 0 bridgehead atoms. The van der Waals surface area contributed by atoms with Gasteiger partial charge in [-0.3, -0.25) is 19.3 Å². The van der Waals surface area contributed by atoms with E-state index in [1.807, 2.05) is 0 Å². The molecule has 0 spiro atoms. The lowest BCUT2D eigenvalue weighted by Crippen LogP contribution is -2.12. The fourth-order valence-corrected chi connectivity index (χ4v) is 5.46. The molecule has 4 N–H and O–H groups in total. The Morgan fingerprint density at radius 2 is 1.31 bits per heavy atom. The van der Waals surface area contributed by atoms with E-state index in [0.717, 1.165) is 0 Å². The van der Waals surface area contributed by atoms with E-state index in [1.165, 1.54) is 48.8 Å². The van der Waals surface area contributed by atoms with Gasteiger partial charge in [0.2, 0.25) is 0 Å². The third-order valence-corrected chi connectivity index (χ3v) is 6.46. The second-order valence-corrected chi connectivity index (χ2v) is 9.14. The fraction of sp³-hybridized carbons (Fsp3) is 0. The van der Waals surface area contributed by atoms with Crippen molar-refractivity contribution in [2.45, 2.75) is 0 Å². The number of hydrogen-bond acceptors (Lipinski definition) is 8. The topological polar surface area (TPSA) is 192 Å². The van der Waals surface area contributed by atoms with Crippen LogP contribution in [0.1, 0.15) is 11.1 Å². The number of aromatic amines is 2. The summed E-state index contributed by atoms with van der Waals surface area (Å²) in [6.07, 6.45) is 2.78. The summed E-state index contributed by atoms with van der Waals surface area (Å²) < 4.78 is 70.0. The van der Waals surface area contributed by atoms with E-state index in [0.29, 0.717) is 5.56 Å². The Morgan fingerprint density at radius 1 is 0.719 bits per heavy atom. The van der Waals surface area contributed by atoms with Crippen molar-refractivity contribution in [2.24, 2.45) is 0 Å². The van der Waals surface area contributed by atoms with E-state index < -0.39 is 30.0 Å². The third kappa shape index (κ3) is 4.06. The summed E-state index contributed by atoms with van der Waals surface area (Å²) in [5.74, 6) is 0. The van der Waals surface area contributed by atoms with Crippen LogP contribution in [0.15, 0.2) is 60.9 Å². The molecular formula is C18H14N6O6S2. The molecule has 14 heteroatoms. The van der Waals surface area contributed by atoms with Crippen LogP contribution in [0.3, 0.4) is 0 Å². The number of aromatic nitrogens is 6. The Hall–Kier alpha value is -3.72. The van der Waals surface area contributed by atoms with Crippen molar-refractivity contribution in [3.05, 3.63) is 72.1 Å². The predicted octanol–water partition coefficient (Wildman–Crippen LogP) is 1.86. The minimum Gasteiger partial charge on any atom is -0.282 e. The van der Waals surface area contributed by atoms with Gasteiger partial charge in [-0.05, 0) is 5.56 Å². The molecule has 0 fully saturated rings. The number of benzene rings is 2. The molecule has 2 heterocycles. The maximum absolute atomic E-state index is 12.6. The third-order valence-electron chi connectivity index (χ3n) is 4.43. The molecule has 0 atom stereocenters. The molecule has 0 aliphatic rings. The Kier molecular flexibility index (Phi) is 5.43. The zero-order valence-corrected chi connectivity index (χ0v) is 17.5. The SMILES string of the molecule is O=S(=O)(O)C(=C(c1cccc(-c2c[nH]nn2)c1-c1c[nH]nn1)S(=O)(=O)O)c1ccccc1. The summed E-state index contributed by atoms with van der Waals surface area (Å²) in [6.45, 7) is 0. The van der Waals surface area contributed by atoms with E-state index in [2.05, 4.69) is 30.8 Å². The molecule has 0 saturated carbocycles. The first-order chi connectivity index (χ1) is 15.2. The van der Waals surface area contributed by atoms with Crippen LogP contribution in [0.2, 0.25) is 0 Å². The molecule has 0 aliphatic carbocycles. The number of H-pyrrole nitrogens is 2. The lowest BCUT2D eigenvalue weighted by Gasteiger charge is -2.16. The number of nitrogens with zero attached hydrogens (tertiary/aromatic N) is 4. The summed E-state index contributed by atoms with van der Waals surface area (Å²) in [5, 5.41) is 20.1. The highest BCUT2D eigenvalue weighted by Gasteiger charge is 2.33. The van der Waals surface area contributed by atoms with Crippen molar-refractivity contribution in [1.82, 2.24) is 30.8 Å². The maximum atomic E-state index is 12.6. The van der Waals surface area contributed by atoms with E-state index in [1.54, 1.807) is 12.1 Å². The smallest absolute Gasteiger partial charge is 0.282 e. The van der Waals surface area contributed by atoms with Crippen molar-refractivity contribution in [2.75, 3.05) is 0 Å². The Bertz CT molecular complexity index is 1500. The van der Waals surface area contributed by atoms with Crippen molar-refractivity contribution in [3.8, 4) is 22.5 Å². The van der Waals surface area contributed by atoms with Gasteiger partial charge in [0.25, 0.3) is 20.2 Å². The van der Waals surface area contributed by atoms with Crippen molar-refractivity contribution in [1.29, 1.82) is 0 Å². The lowest BCUT2D eigenvalue weighted by atomic mass is 9.95. The molecule has 164 valence electrons. The van der Waals surface area contributed by atoms with Crippen molar-refractivity contribution < 1.29 is 25.9 Å². The first-order valence-electron chi connectivity index (χ1n) is 8.79. The largest absolute Gasteiger partial charge is 0.296 e. The Morgan fingerprint density at radius 3 is 1.84 bits per heavy atom. The molecule has 12 nitrogen and oxygen atoms in total. The van der Waals surface area contributed by atoms with Crippen molar-refractivity contribution in [3.63, 3.8) is 0 Å². The first kappa shape index (κ1) is 21.5. The van der Waals surface area contributed by atoms with E-state index >= 15 is 0 Å². The molecule has 2 aromatic carbocycles. The van der Waals surface area contributed by atoms with E-state index in [4.69, 9.17) is 0 Å². The van der Waals surface area contributed by atoms with E-state index in [9.17, 15) is 25.9 Å². The van der Waals surface area contributed by atoms with Gasteiger partial charge in [-0.1, -0.05) is 59.0 Å². The van der Waals surface area contributed by atoms with Crippen LogP contribution >= 0.6 is 0 Å². The number of hydrogen-bond donors (Lipinski definition) is 4. The van der Waals surface area contributed by atoms with Crippen molar-refractivity contribution >= 4 is 30.0 Å². The van der Waals surface area contributed by atoms with Crippen LogP contribution in [0.5, 0.6) is 0 Å². The Labute approximate surface area is 181 Å². The fourth-order valence-electron chi connectivity index (χ4n) is 3.25. The second-order valence-electron chi connectivity index (χ2n) is 6.42. The maximum Gasteiger partial charge on any atom is 0.296 e. The van der Waals surface area contributed by atoms with Gasteiger partial charge < -0.3 is 0 Å². The normalized spacial score (nSPS) is 13.1. The minimum atomic E-state index is -5.21. The van der Waals surface area contributed by atoms with Gasteiger partial charge in [-0.25, -0.2) is 0 Å². The summed E-state index contributed by atoms with van der Waals surface area (Å²) in [6, 6.07) is 11.3. The van der Waals surface area contributed by atoms with Gasteiger partial charge in [0.05, 0.1) is 12.4 Å². The van der Waals surface area contributed by atoms with Gasteiger partial charge in [-0.15, -0.1) is 10.2 Å². The molecular weight excluding hydrogens is 460 g/mol. The molecule has 0 radical (unpaired) electrons. The molecule has 0 saturated heterocycles. The average molecular weight is 474 g/mol. The van der Waals surface area contributed by atoms with Gasteiger partial charge in [0, 0.05) is 16.7 Å². The Balaban J connectivity index is 2.21. The molecule has 0 unspecified atom stereocenters. The van der Waals surface area contributed by atoms with Crippen LogP contribution in [0.25, 0.3) is 32.3 Å². The molecule has 0 aliphatic heterocycles. The first-order valence-corrected chi connectivity index (χ1v) is 11.7. The lowest BCUT2D eigenvalue weighted by molar-refractivity contribution is 0.491. The average Bonchev–Trinajstić information content (AvgIpc) is 3.44. The summed E-state index contributed by atoms with van der Waals surface area (Å²) in [5.41, 5.74) is 0.406. The molecule has 2 aromatic heterocycles. The van der Waals surface area contributed by atoms with Gasteiger partial charge in [0.1, 0.15) is 21.2 Å². The van der Waals surface area contributed by atoms with Gasteiger partial charge in [-0.2, -0.15) is 16.8 Å². The highest BCUT2D eigenvalue weighted by atomic mass is 32.2. The monoisotopic (exact) mass is 474 g/mol. The highest BCUT2D eigenvalue weighted by Crippen LogP contribution is 2.41. The van der Waals surface area contributed by atoms with Crippen LogP contribution in [-0.4, -0.2) is 56.8 Å². The second kappa shape index (κ2) is 8.08. The van der Waals surface area contributed by atoms with Crippen LogP contribution in [-0.2, 0) is 20.2 Å². The highest BCUT2D eigenvalue weighted by molar-refractivity contribution is 8.01.